The minimum atomic E-state index is -0.0813. The Bertz CT molecular complexity index is 1040. The Balaban J connectivity index is 1.48. The summed E-state index contributed by atoms with van der Waals surface area (Å²) in [6.45, 7) is 8.54. The summed E-state index contributed by atoms with van der Waals surface area (Å²) in [5.74, 6) is 0.792. The fourth-order valence-corrected chi connectivity index (χ4v) is 3.67. The quantitative estimate of drug-likeness (QED) is 0.663. The Morgan fingerprint density at radius 1 is 1.00 bits per heavy atom. The number of benzene rings is 1. The number of hydrogen-bond donors (Lipinski definition) is 0. The van der Waals surface area contributed by atoms with Gasteiger partial charge in [-0.25, -0.2) is 4.98 Å². The Hall–Kier alpha value is -2.93. The Labute approximate surface area is 174 Å². The standard InChI is InChI=1S/C21H23ClN6O/c1-14-4-6-18(15(2)12-14)28-24-16(3)20(25-28)21(29)27-10-8-26(9-11-27)19-7-5-17(22)13-23-19/h4-7,12-13H,8-11H2,1-3H3. The molecule has 0 radical (unpaired) electrons. The van der Waals surface area contributed by atoms with E-state index < -0.39 is 0 Å². The molecule has 3 heterocycles. The maximum Gasteiger partial charge on any atom is 0.276 e. The van der Waals surface area contributed by atoms with Crippen LogP contribution in [-0.2, 0) is 0 Å². The highest BCUT2D eigenvalue weighted by molar-refractivity contribution is 6.30. The number of halogens is 1. The van der Waals surface area contributed by atoms with Gasteiger partial charge in [0.15, 0.2) is 5.69 Å². The zero-order chi connectivity index (χ0) is 20.5. The Morgan fingerprint density at radius 3 is 2.41 bits per heavy atom. The normalized spacial score (nSPS) is 14.3. The van der Waals surface area contributed by atoms with E-state index in [4.69, 9.17) is 11.6 Å². The second-order valence-electron chi connectivity index (χ2n) is 7.33. The first-order chi connectivity index (χ1) is 13.9. The third-order valence-corrected chi connectivity index (χ3v) is 5.38. The maximum atomic E-state index is 13.1. The van der Waals surface area contributed by atoms with Crippen LogP contribution >= 0.6 is 11.6 Å². The number of carbonyl (C=O) groups is 1. The van der Waals surface area contributed by atoms with Crippen LogP contribution in [0.1, 0.15) is 27.3 Å². The molecule has 1 saturated heterocycles. The number of amides is 1. The first-order valence-corrected chi connectivity index (χ1v) is 9.97. The molecule has 2 aromatic heterocycles. The van der Waals surface area contributed by atoms with Gasteiger partial charge in [-0.2, -0.15) is 9.90 Å². The van der Waals surface area contributed by atoms with E-state index in [9.17, 15) is 4.79 Å². The maximum absolute atomic E-state index is 13.1. The van der Waals surface area contributed by atoms with Gasteiger partial charge in [-0.15, -0.1) is 5.10 Å². The monoisotopic (exact) mass is 410 g/mol. The largest absolute Gasteiger partial charge is 0.353 e. The molecule has 1 amide bonds. The molecule has 0 N–H and O–H groups in total. The zero-order valence-electron chi connectivity index (χ0n) is 16.8. The molecular weight excluding hydrogens is 388 g/mol. The van der Waals surface area contributed by atoms with E-state index in [1.54, 1.807) is 11.0 Å². The number of aryl methyl sites for hydroxylation is 3. The summed E-state index contributed by atoms with van der Waals surface area (Å²) >= 11 is 5.91. The molecule has 1 aromatic carbocycles. The molecule has 0 atom stereocenters. The Kier molecular flexibility index (Phi) is 5.24. The highest BCUT2D eigenvalue weighted by atomic mass is 35.5. The molecular formula is C21H23ClN6O. The van der Waals surface area contributed by atoms with E-state index in [2.05, 4.69) is 26.1 Å². The van der Waals surface area contributed by atoms with Crippen molar-refractivity contribution < 1.29 is 4.79 Å². The van der Waals surface area contributed by atoms with Gasteiger partial charge in [0.25, 0.3) is 5.91 Å². The fraction of sp³-hybridized carbons (Fsp3) is 0.333. The van der Waals surface area contributed by atoms with Crippen LogP contribution in [0.25, 0.3) is 5.69 Å². The topological polar surface area (TPSA) is 67.2 Å². The highest BCUT2D eigenvalue weighted by Crippen LogP contribution is 2.19. The van der Waals surface area contributed by atoms with Gasteiger partial charge < -0.3 is 9.80 Å². The van der Waals surface area contributed by atoms with Crippen LogP contribution < -0.4 is 4.90 Å². The molecule has 0 unspecified atom stereocenters. The summed E-state index contributed by atoms with van der Waals surface area (Å²) in [5.41, 5.74) is 4.18. The van der Waals surface area contributed by atoms with Crippen molar-refractivity contribution >= 4 is 23.3 Å². The Morgan fingerprint density at radius 2 is 1.76 bits per heavy atom. The molecule has 4 rings (SSSR count). The SMILES string of the molecule is Cc1ccc(-n2nc(C)c(C(=O)N3CCN(c4ccc(Cl)cn4)CC3)n2)c(C)c1. The van der Waals surface area contributed by atoms with Crippen LogP contribution in [0.2, 0.25) is 5.02 Å². The lowest BCUT2D eigenvalue weighted by atomic mass is 10.1. The van der Waals surface area contributed by atoms with E-state index in [-0.39, 0.29) is 5.91 Å². The van der Waals surface area contributed by atoms with E-state index >= 15 is 0 Å². The minimum Gasteiger partial charge on any atom is -0.353 e. The van der Waals surface area contributed by atoms with Crippen molar-refractivity contribution in [1.82, 2.24) is 24.9 Å². The van der Waals surface area contributed by atoms with Crippen molar-refractivity contribution in [3.63, 3.8) is 0 Å². The van der Waals surface area contributed by atoms with Crippen molar-refractivity contribution in [1.29, 1.82) is 0 Å². The number of hydrogen-bond acceptors (Lipinski definition) is 5. The molecule has 0 saturated carbocycles. The van der Waals surface area contributed by atoms with Crippen LogP contribution in [0.15, 0.2) is 36.5 Å². The minimum absolute atomic E-state index is 0.0813. The van der Waals surface area contributed by atoms with Crippen LogP contribution in [0.5, 0.6) is 0 Å². The van der Waals surface area contributed by atoms with Crippen molar-refractivity contribution in [2.75, 3.05) is 31.1 Å². The number of nitrogens with zero attached hydrogens (tertiary/aromatic N) is 6. The molecule has 3 aromatic rings. The number of rotatable bonds is 3. The molecule has 1 aliphatic rings. The van der Waals surface area contributed by atoms with E-state index in [0.29, 0.717) is 42.6 Å². The summed E-state index contributed by atoms with van der Waals surface area (Å²) in [5, 5.41) is 9.61. The number of anilines is 1. The molecule has 0 spiro atoms. The molecule has 0 aliphatic carbocycles. The van der Waals surface area contributed by atoms with Gasteiger partial charge in [0.05, 0.1) is 16.4 Å². The number of carbonyl (C=O) groups excluding carboxylic acids is 1. The molecule has 29 heavy (non-hydrogen) atoms. The van der Waals surface area contributed by atoms with Crippen LogP contribution in [-0.4, -0.2) is 57.0 Å². The number of aromatic nitrogens is 4. The lowest BCUT2D eigenvalue weighted by Crippen LogP contribution is -2.49. The zero-order valence-corrected chi connectivity index (χ0v) is 17.5. The lowest BCUT2D eigenvalue weighted by molar-refractivity contribution is 0.0739. The first kappa shape index (κ1) is 19.4. The van der Waals surface area contributed by atoms with E-state index in [1.807, 2.05) is 49.9 Å². The summed E-state index contributed by atoms with van der Waals surface area (Å²) in [4.78, 5) is 23.0. The molecule has 150 valence electrons. The molecule has 1 fully saturated rings. The average Bonchev–Trinajstić information content (AvgIpc) is 3.09. The van der Waals surface area contributed by atoms with Crippen LogP contribution in [0, 0.1) is 20.8 Å². The predicted octanol–water partition coefficient (Wildman–Crippen LogP) is 3.20. The molecule has 1 aliphatic heterocycles. The molecule has 0 bridgehead atoms. The third kappa shape index (κ3) is 3.96. The smallest absolute Gasteiger partial charge is 0.276 e. The summed E-state index contributed by atoms with van der Waals surface area (Å²) in [7, 11) is 0. The van der Waals surface area contributed by atoms with Gasteiger partial charge in [-0.1, -0.05) is 29.3 Å². The first-order valence-electron chi connectivity index (χ1n) is 9.60. The van der Waals surface area contributed by atoms with Crippen molar-refractivity contribution in [2.24, 2.45) is 0 Å². The van der Waals surface area contributed by atoms with Gasteiger partial charge in [0, 0.05) is 32.4 Å². The van der Waals surface area contributed by atoms with Crippen LogP contribution in [0.3, 0.4) is 0 Å². The van der Waals surface area contributed by atoms with E-state index in [1.165, 1.54) is 5.56 Å². The second-order valence-corrected chi connectivity index (χ2v) is 7.76. The van der Waals surface area contributed by atoms with Gasteiger partial charge in [-0.3, -0.25) is 4.79 Å². The predicted molar refractivity (Wildman–Crippen MR) is 113 cm³/mol. The van der Waals surface area contributed by atoms with Crippen molar-refractivity contribution in [3.8, 4) is 5.69 Å². The van der Waals surface area contributed by atoms with Crippen LogP contribution in [0.4, 0.5) is 5.82 Å². The third-order valence-electron chi connectivity index (χ3n) is 5.16. The highest BCUT2D eigenvalue weighted by Gasteiger charge is 2.26. The number of pyridine rings is 1. The van der Waals surface area contributed by atoms with Gasteiger partial charge in [-0.05, 0) is 44.5 Å². The summed E-state index contributed by atoms with van der Waals surface area (Å²) in [6, 6.07) is 9.82. The summed E-state index contributed by atoms with van der Waals surface area (Å²) < 4.78 is 0. The molecule has 7 nitrogen and oxygen atoms in total. The van der Waals surface area contributed by atoms with Gasteiger partial charge >= 0.3 is 0 Å². The van der Waals surface area contributed by atoms with Gasteiger partial charge in [0.2, 0.25) is 0 Å². The molecule has 8 heteroatoms. The number of piperazine rings is 1. The van der Waals surface area contributed by atoms with Gasteiger partial charge in [0.1, 0.15) is 5.82 Å². The van der Waals surface area contributed by atoms with Crippen molar-refractivity contribution in [2.45, 2.75) is 20.8 Å². The van der Waals surface area contributed by atoms with Crippen molar-refractivity contribution in [3.05, 3.63) is 64.1 Å². The fourth-order valence-electron chi connectivity index (χ4n) is 3.56. The second kappa shape index (κ2) is 7.83. The summed E-state index contributed by atoms with van der Waals surface area (Å²) in [6.07, 6.45) is 1.64. The average molecular weight is 411 g/mol. The lowest BCUT2D eigenvalue weighted by Gasteiger charge is -2.35. The van der Waals surface area contributed by atoms with E-state index in [0.717, 1.165) is 17.1 Å².